The van der Waals surface area contributed by atoms with Crippen molar-refractivity contribution in [1.29, 1.82) is 0 Å². The van der Waals surface area contributed by atoms with Gasteiger partial charge in [-0.15, -0.1) is 0 Å². The number of hydrogen-bond donors (Lipinski definition) is 0. The Hall–Kier alpha value is 0.931. The molecule has 0 heterocycles. The van der Waals surface area contributed by atoms with E-state index in [9.17, 15) is 0 Å². The van der Waals surface area contributed by atoms with Crippen LogP contribution in [0.5, 0.6) is 0 Å². The molecule has 0 nitrogen and oxygen atoms in total. The van der Waals surface area contributed by atoms with Crippen LogP contribution in [0.25, 0.3) is 0 Å². The molecule has 0 saturated carbocycles. The fourth-order valence-electron chi connectivity index (χ4n) is 0. The summed E-state index contributed by atoms with van der Waals surface area (Å²) in [5.74, 6) is 0. The fraction of sp³-hybridized carbons (Fsp3) is 1.00. The second kappa shape index (κ2) is 3.00. The molecule has 0 unspecified atom stereocenters. The predicted octanol–water partition coefficient (Wildman–Crippen LogP) is 1.56. The van der Waals surface area contributed by atoms with E-state index in [1.54, 1.807) is 0 Å². The molecule has 32 valence electrons. The van der Waals surface area contributed by atoms with Crippen molar-refractivity contribution >= 4 is 6.19 Å². The van der Waals surface area contributed by atoms with Gasteiger partial charge in [0.15, 0.2) is 0 Å². The Bertz CT molecular complexity index is 58.6. The second-order valence-electron chi connectivity index (χ2n) is 1.84. The zero-order valence-electron chi connectivity index (χ0n) is 4.58. The Morgan fingerprint density at radius 2 is 1.67 bits per heavy atom. The molecule has 0 atom stereocenters. The first kappa shape index (κ1) is 6.93. The van der Waals surface area contributed by atoms with E-state index in [1.165, 1.54) is 0 Å². The van der Waals surface area contributed by atoms with Gasteiger partial charge in [0.05, 0.1) is 0 Å². The Balaban J connectivity index is 3.26. The van der Waals surface area contributed by atoms with E-state index in [-0.39, 0.29) is 6.19 Å². The number of rotatable bonds is 1. The van der Waals surface area contributed by atoms with Crippen molar-refractivity contribution in [3.63, 3.8) is 0 Å². The van der Waals surface area contributed by atoms with Gasteiger partial charge in [0.1, 0.15) is 0 Å². The van der Waals surface area contributed by atoms with Crippen LogP contribution in [0.2, 0.25) is 12.1 Å². The third kappa shape index (κ3) is 3.13. The zero-order chi connectivity index (χ0) is 5.15. The Labute approximate surface area is 51.5 Å². The summed E-state index contributed by atoms with van der Waals surface area (Å²) >= 11 is 2.34. The van der Waals surface area contributed by atoms with Crippen molar-refractivity contribution in [2.75, 3.05) is 0 Å². The summed E-state index contributed by atoms with van der Waals surface area (Å²) < 4.78 is 0. The average Bonchev–Trinajstić information content (AvgIpc) is 1.36. The SMILES string of the molecule is CC(C)[Si](C)=[Ti+2]. The van der Waals surface area contributed by atoms with E-state index in [0.717, 1.165) is 5.54 Å². The van der Waals surface area contributed by atoms with Crippen molar-refractivity contribution in [2.24, 2.45) is 0 Å². The van der Waals surface area contributed by atoms with E-state index >= 15 is 0 Å². The van der Waals surface area contributed by atoms with Gasteiger partial charge in [-0.3, -0.25) is 0 Å². The van der Waals surface area contributed by atoms with Crippen molar-refractivity contribution in [1.82, 2.24) is 0 Å². The molecule has 2 heteroatoms. The molecule has 0 fully saturated rings. The van der Waals surface area contributed by atoms with Gasteiger partial charge in [0.25, 0.3) is 0 Å². The van der Waals surface area contributed by atoms with E-state index in [1.807, 2.05) is 0 Å². The summed E-state index contributed by atoms with van der Waals surface area (Å²) in [7, 11) is 0. The van der Waals surface area contributed by atoms with Crippen LogP contribution in [0.15, 0.2) is 0 Å². The van der Waals surface area contributed by atoms with Gasteiger partial charge in [-0.1, -0.05) is 0 Å². The average molecular weight is 134 g/mol. The second-order valence-corrected chi connectivity index (χ2v) is 8.05. The molecule has 6 heavy (non-hydrogen) atoms. The molecule has 0 aromatic carbocycles. The van der Waals surface area contributed by atoms with Crippen LogP contribution in [0.3, 0.4) is 0 Å². The van der Waals surface area contributed by atoms with E-state index in [4.69, 9.17) is 0 Å². The summed E-state index contributed by atoms with van der Waals surface area (Å²) in [5.41, 5.74) is 0.954. The first-order chi connectivity index (χ1) is 2.64. The van der Waals surface area contributed by atoms with Crippen LogP contribution in [0, 0.1) is 0 Å². The maximum absolute atomic E-state index is 2.34. The molecule has 0 N–H and O–H groups in total. The first-order valence-corrected chi connectivity index (χ1v) is 6.61. The van der Waals surface area contributed by atoms with Gasteiger partial charge in [-0.05, 0) is 0 Å². The summed E-state index contributed by atoms with van der Waals surface area (Å²) in [6, 6.07) is 0. The summed E-state index contributed by atoms with van der Waals surface area (Å²) in [5, 5.41) is 0. The monoisotopic (exact) mass is 134 g/mol. The quantitative estimate of drug-likeness (QED) is 0.477. The topological polar surface area (TPSA) is 0 Å². The fourth-order valence-corrected chi connectivity index (χ4v) is 0. The van der Waals surface area contributed by atoms with Gasteiger partial charge in [-0.25, -0.2) is 0 Å². The summed E-state index contributed by atoms with van der Waals surface area (Å²) in [6.07, 6.45) is 0.0484. The maximum atomic E-state index is 2.34. The third-order valence-electron chi connectivity index (χ3n) is 0.866. The number of hydrogen-bond acceptors (Lipinski definition) is 0. The van der Waals surface area contributed by atoms with Crippen LogP contribution in [-0.4, -0.2) is 6.19 Å². The van der Waals surface area contributed by atoms with Crippen LogP contribution in [0.4, 0.5) is 0 Å². The van der Waals surface area contributed by atoms with Gasteiger partial charge < -0.3 is 0 Å². The normalized spacial score (nSPS) is 9.67. The van der Waals surface area contributed by atoms with Crippen molar-refractivity contribution in [2.45, 2.75) is 25.9 Å². The molecule has 0 spiro atoms. The van der Waals surface area contributed by atoms with Crippen molar-refractivity contribution in [3.05, 3.63) is 0 Å². The van der Waals surface area contributed by atoms with Crippen molar-refractivity contribution < 1.29 is 19.2 Å². The van der Waals surface area contributed by atoms with Gasteiger partial charge >= 0.3 is 51.3 Å². The molecule has 0 aromatic rings. The van der Waals surface area contributed by atoms with Crippen LogP contribution < -0.4 is 0 Å². The van der Waals surface area contributed by atoms with E-state index in [2.05, 4.69) is 39.6 Å². The molecule has 0 rings (SSSR count). The molecule has 0 aliphatic carbocycles. The molecular weight excluding hydrogens is 124 g/mol. The molecule has 0 aliphatic rings. The predicted molar refractivity (Wildman–Crippen MR) is 26.7 cm³/mol. The molecule has 0 aliphatic heterocycles. The Kier molecular flexibility index (Phi) is 3.47. The first-order valence-electron chi connectivity index (χ1n) is 2.19. The van der Waals surface area contributed by atoms with E-state index < -0.39 is 0 Å². The standard InChI is InChI=1S/C4H10Si.Ti/c1-4(2)5-3;/h4H,1-3H3;/q;+2. The van der Waals surface area contributed by atoms with E-state index in [0.29, 0.717) is 0 Å². The molecular formula is C4H10SiTi+2. The van der Waals surface area contributed by atoms with Gasteiger partial charge in [-0.2, -0.15) is 0 Å². The zero-order valence-corrected chi connectivity index (χ0v) is 7.14. The molecule has 0 radical (unpaired) electrons. The molecule has 0 saturated heterocycles. The van der Waals surface area contributed by atoms with Gasteiger partial charge in [0.2, 0.25) is 0 Å². The summed E-state index contributed by atoms with van der Waals surface area (Å²) in [6.45, 7) is 6.91. The van der Waals surface area contributed by atoms with Crippen LogP contribution in [0.1, 0.15) is 13.8 Å². The molecule has 0 aromatic heterocycles. The summed E-state index contributed by atoms with van der Waals surface area (Å²) in [4.78, 5) is 0. The minimum absolute atomic E-state index is 0.0484. The molecule has 0 amide bonds. The minimum atomic E-state index is 0.0484. The Morgan fingerprint density at radius 1 is 1.50 bits per heavy atom. The van der Waals surface area contributed by atoms with Crippen LogP contribution in [-0.2, 0) is 19.2 Å². The Morgan fingerprint density at radius 3 is 1.67 bits per heavy atom. The molecule has 0 bridgehead atoms. The van der Waals surface area contributed by atoms with Gasteiger partial charge in [0, 0.05) is 0 Å². The van der Waals surface area contributed by atoms with Crippen LogP contribution >= 0.6 is 0 Å². The third-order valence-corrected chi connectivity index (χ3v) is 5.30. The van der Waals surface area contributed by atoms with Crippen molar-refractivity contribution in [3.8, 4) is 0 Å².